The summed E-state index contributed by atoms with van der Waals surface area (Å²) in [5.41, 5.74) is 6.31. The predicted octanol–water partition coefficient (Wildman–Crippen LogP) is 5.98. The van der Waals surface area contributed by atoms with Crippen LogP contribution in [0.5, 0.6) is 0 Å². The van der Waals surface area contributed by atoms with Gasteiger partial charge >= 0.3 is 0 Å². The molecule has 0 fully saturated rings. The zero-order valence-corrected chi connectivity index (χ0v) is 14.9. The van der Waals surface area contributed by atoms with Gasteiger partial charge in [0.15, 0.2) is 0 Å². The van der Waals surface area contributed by atoms with Crippen LogP contribution in [-0.2, 0) is 0 Å². The number of anilines is 1. The first-order valence-electron chi connectivity index (χ1n) is 7.84. The van der Waals surface area contributed by atoms with Crippen LogP contribution in [0.2, 0.25) is 0 Å². The second kappa shape index (κ2) is 7.42. The monoisotopic (exact) mass is 361 g/mol. The Labute approximate surface area is 154 Å². The van der Waals surface area contributed by atoms with E-state index in [1.807, 2.05) is 60.1 Å². The average Bonchev–Trinajstić information content (AvgIpc) is 3.33. The molecule has 0 aliphatic heterocycles. The standard InChI is InChI=1S/C20H15N3S2/c1-3-8-15(9-4-1)18-19(16-10-5-2-6-11-16)25-20(22-18)23-21-14-17-12-7-13-24-17/h1-14H,(H,22,23)/b21-14+. The highest BCUT2D eigenvalue weighted by Gasteiger charge is 2.14. The van der Waals surface area contributed by atoms with E-state index in [1.54, 1.807) is 22.7 Å². The number of nitrogens with one attached hydrogen (secondary N) is 1. The van der Waals surface area contributed by atoms with E-state index in [9.17, 15) is 0 Å². The normalized spacial score (nSPS) is 11.0. The minimum atomic E-state index is 0.783. The van der Waals surface area contributed by atoms with Gasteiger partial charge in [-0.25, -0.2) is 4.98 Å². The molecule has 0 atom stereocenters. The third-order valence-electron chi connectivity index (χ3n) is 3.61. The van der Waals surface area contributed by atoms with Crippen molar-refractivity contribution in [2.45, 2.75) is 0 Å². The molecule has 2 heterocycles. The lowest BCUT2D eigenvalue weighted by Crippen LogP contribution is -1.88. The molecular weight excluding hydrogens is 346 g/mol. The van der Waals surface area contributed by atoms with Crippen molar-refractivity contribution < 1.29 is 0 Å². The topological polar surface area (TPSA) is 37.3 Å². The van der Waals surface area contributed by atoms with E-state index >= 15 is 0 Å². The fourth-order valence-electron chi connectivity index (χ4n) is 2.46. The van der Waals surface area contributed by atoms with E-state index in [0.29, 0.717) is 0 Å². The van der Waals surface area contributed by atoms with E-state index in [4.69, 9.17) is 4.98 Å². The van der Waals surface area contributed by atoms with Crippen LogP contribution < -0.4 is 5.43 Å². The Morgan fingerprint density at radius 3 is 2.24 bits per heavy atom. The molecule has 0 bridgehead atoms. The van der Waals surface area contributed by atoms with Crippen molar-refractivity contribution in [1.29, 1.82) is 0 Å². The second-order valence-corrected chi connectivity index (χ2v) is 7.29. The van der Waals surface area contributed by atoms with Crippen molar-refractivity contribution >= 4 is 34.0 Å². The Kier molecular flexibility index (Phi) is 4.68. The van der Waals surface area contributed by atoms with Gasteiger partial charge in [-0.1, -0.05) is 78.1 Å². The number of hydrazone groups is 1. The zero-order chi connectivity index (χ0) is 16.9. The second-order valence-electron chi connectivity index (χ2n) is 5.31. The molecule has 25 heavy (non-hydrogen) atoms. The van der Waals surface area contributed by atoms with Gasteiger partial charge in [-0.3, -0.25) is 5.43 Å². The molecule has 0 saturated heterocycles. The number of benzene rings is 2. The van der Waals surface area contributed by atoms with Gasteiger partial charge in [0, 0.05) is 10.4 Å². The van der Waals surface area contributed by atoms with Gasteiger partial charge in [0.25, 0.3) is 0 Å². The molecule has 2 aromatic heterocycles. The first-order chi connectivity index (χ1) is 12.4. The summed E-state index contributed by atoms with van der Waals surface area (Å²) in [6.07, 6.45) is 1.82. The van der Waals surface area contributed by atoms with Gasteiger partial charge in [0.1, 0.15) is 0 Å². The third-order valence-corrected chi connectivity index (χ3v) is 5.42. The summed E-state index contributed by atoms with van der Waals surface area (Å²) in [5.74, 6) is 0. The van der Waals surface area contributed by atoms with E-state index in [1.165, 1.54) is 0 Å². The highest BCUT2D eigenvalue weighted by molar-refractivity contribution is 7.19. The smallest absolute Gasteiger partial charge is 0.204 e. The van der Waals surface area contributed by atoms with Gasteiger partial charge in [-0.2, -0.15) is 5.10 Å². The Morgan fingerprint density at radius 2 is 1.56 bits per heavy atom. The molecule has 1 N–H and O–H groups in total. The average molecular weight is 361 g/mol. The maximum atomic E-state index is 4.77. The number of hydrogen-bond acceptors (Lipinski definition) is 5. The third kappa shape index (κ3) is 3.68. The van der Waals surface area contributed by atoms with Crippen LogP contribution in [0.25, 0.3) is 21.7 Å². The van der Waals surface area contributed by atoms with E-state index in [2.05, 4.69) is 34.8 Å². The fourth-order valence-corrected chi connectivity index (χ4v) is 3.99. The lowest BCUT2D eigenvalue weighted by molar-refractivity contribution is 1.29. The molecule has 4 aromatic rings. The van der Waals surface area contributed by atoms with Crippen LogP contribution >= 0.6 is 22.7 Å². The summed E-state index contributed by atoms with van der Waals surface area (Å²) >= 11 is 3.27. The minimum Gasteiger partial charge on any atom is -0.253 e. The number of rotatable bonds is 5. The number of hydrogen-bond donors (Lipinski definition) is 1. The molecule has 0 amide bonds. The quantitative estimate of drug-likeness (QED) is 0.350. The van der Waals surface area contributed by atoms with Gasteiger partial charge in [-0.15, -0.1) is 11.3 Å². The maximum Gasteiger partial charge on any atom is 0.204 e. The van der Waals surface area contributed by atoms with Crippen molar-refractivity contribution in [2.75, 3.05) is 5.43 Å². The highest BCUT2D eigenvalue weighted by Crippen LogP contribution is 2.38. The highest BCUT2D eigenvalue weighted by atomic mass is 32.1. The summed E-state index contributed by atoms with van der Waals surface area (Å²) in [7, 11) is 0. The Morgan fingerprint density at radius 1 is 0.840 bits per heavy atom. The molecule has 0 radical (unpaired) electrons. The molecule has 122 valence electrons. The summed E-state index contributed by atoms with van der Waals surface area (Å²) < 4.78 is 0. The Balaban J connectivity index is 1.68. The van der Waals surface area contributed by atoms with Gasteiger partial charge in [-0.05, 0) is 17.0 Å². The first-order valence-corrected chi connectivity index (χ1v) is 9.54. The van der Waals surface area contributed by atoms with Crippen LogP contribution in [0.1, 0.15) is 4.88 Å². The van der Waals surface area contributed by atoms with Crippen molar-refractivity contribution in [3.05, 3.63) is 83.1 Å². The van der Waals surface area contributed by atoms with Gasteiger partial charge in [0.2, 0.25) is 5.13 Å². The van der Waals surface area contributed by atoms with Crippen LogP contribution in [-0.4, -0.2) is 11.2 Å². The number of thiazole rings is 1. The van der Waals surface area contributed by atoms with Gasteiger partial charge in [0.05, 0.1) is 16.8 Å². The summed E-state index contributed by atoms with van der Waals surface area (Å²) in [6.45, 7) is 0. The summed E-state index contributed by atoms with van der Waals surface area (Å²) in [5, 5.41) is 7.13. The molecule has 0 aliphatic rings. The lowest BCUT2D eigenvalue weighted by Gasteiger charge is -2.02. The predicted molar refractivity (Wildman–Crippen MR) is 109 cm³/mol. The van der Waals surface area contributed by atoms with E-state index in [0.717, 1.165) is 31.7 Å². The van der Waals surface area contributed by atoms with Crippen LogP contribution in [0.3, 0.4) is 0 Å². The number of thiophene rings is 1. The molecule has 2 aromatic carbocycles. The molecule has 0 spiro atoms. The van der Waals surface area contributed by atoms with E-state index in [-0.39, 0.29) is 0 Å². The minimum absolute atomic E-state index is 0.783. The molecule has 0 aliphatic carbocycles. The Bertz CT molecular complexity index is 902. The number of nitrogens with zero attached hydrogens (tertiary/aromatic N) is 2. The molecule has 0 unspecified atom stereocenters. The zero-order valence-electron chi connectivity index (χ0n) is 13.3. The Hall–Kier alpha value is -2.76. The number of aromatic nitrogens is 1. The van der Waals surface area contributed by atoms with Gasteiger partial charge < -0.3 is 0 Å². The van der Waals surface area contributed by atoms with Crippen LogP contribution in [0.15, 0.2) is 83.3 Å². The summed E-state index contributed by atoms with van der Waals surface area (Å²) in [6, 6.07) is 24.6. The fraction of sp³-hybridized carbons (Fsp3) is 0. The lowest BCUT2D eigenvalue weighted by atomic mass is 10.1. The largest absolute Gasteiger partial charge is 0.253 e. The van der Waals surface area contributed by atoms with Crippen LogP contribution in [0, 0.1) is 0 Å². The summed E-state index contributed by atoms with van der Waals surface area (Å²) in [4.78, 5) is 7.02. The SMILES string of the molecule is C(=N\Nc1nc(-c2ccccc2)c(-c2ccccc2)s1)/c1cccs1. The molecule has 5 heteroatoms. The van der Waals surface area contributed by atoms with Crippen LogP contribution in [0.4, 0.5) is 5.13 Å². The molecule has 4 rings (SSSR count). The molecule has 0 saturated carbocycles. The maximum absolute atomic E-state index is 4.77. The van der Waals surface area contributed by atoms with E-state index < -0.39 is 0 Å². The van der Waals surface area contributed by atoms with Crippen molar-refractivity contribution in [1.82, 2.24) is 4.98 Å². The van der Waals surface area contributed by atoms with Crippen molar-refractivity contribution in [3.63, 3.8) is 0 Å². The van der Waals surface area contributed by atoms with Crippen molar-refractivity contribution in [2.24, 2.45) is 5.10 Å². The molecule has 3 nitrogen and oxygen atoms in total. The van der Waals surface area contributed by atoms with Crippen molar-refractivity contribution in [3.8, 4) is 21.7 Å². The molecular formula is C20H15N3S2. The first kappa shape index (κ1) is 15.7.